The molecule has 184 valence electrons. The number of sulfonamides is 1. The second-order valence-corrected chi connectivity index (χ2v) is 12.1. The second-order valence-electron chi connectivity index (χ2n) is 9.03. The van der Waals surface area contributed by atoms with Crippen molar-refractivity contribution < 1.29 is 12.6 Å². The van der Waals surface area contributed by atoms with Gasteiger partial charge in [0, 0.05) is 23.9 Å². The molecule has 1 aliphatic rings. The van der Waals surface area contributed by atoms with E-state index in [2.05, 4.69) is 4.40 Å². The van der Waals surface area contributed by atoms with Crippen LogP contribution in [0.15, 0.2) is 88.2 Å². The minimum atomic E-state index is -3.94. The zero-order valence-electron chi connectivity index (χ0n) is 20.3. The van der Waals surface area contributed by atoms with E-state index in [9.17, 15) is 12.6 Å². The zero-order valence-corrected chi connectivity index (χ0v) is 21.9. The molecule has 1 saturated heterocycles. The van der Waals surface area contributed by atoms with Crippen molar-refractivity contribution in [3.05, 3.63) is 101 Å². The van der Waals surface area contributed by atoms with Crippen LogP contribution in [0.3, 0.4) is 0 Å². The number of nitrogens with zero attached hydrogens (tertiary/aromatic N) is 2. The van der Waals surface area contributed by atoms with Crippen molar-refractivity contribution in [3.8, 4) is 0 Å². The predicted octanol–water partition coefficient (Wildman–Crippen LogP) is 5.41. The molecule has 1 atom stereocenters. The summed E-state index contributed by atoms with van der Waals surface area (Å²) >= 11 is 0. The standard InChI is InChI=1S/C28H32N2O3S2/c1-22-16-17-26(23(2)20-22)35(32,33)29-27(30-18-10-5-11-19-30)21-34(31)28(24-12-6-3-7-13-24)25-14-8-4-9-15-25/h3-4,6-9,12-17,20,28H,5,10-11,18-19,21H2,1-2H3/b29-27-. The fourth-order valence-electron chi connectivity index (χ4n) is 4.57. The van der Waals surface area contributed by atoms with Gasteiger partial charge < -0.3 is 4.90 Å². The summed E-state index contributed by atoms with van der Waals surface area (Å²) in [6.45, 7) is 5.16. The number of benzene rings is 3. The average Bonchev–Trinajstić information content (AvgIpc) is 2.85. The Morgan fingerprint density at radius 1 is 0.886 bits per heavy atom. The van der Waals surface area contributed by atoms with Crippen LogP contribution in [0.5, 0.6) is 0 Å². The van der Waals surface area contributed by atoms with Gasteiger partial charge in [-0.2, -0.15) is 8.42 Å². The maximum Gasteiger partial charge on any atom is 0.284 e. The first-order valence-electron chi connectivity index (χ1n) is 12.0. The molecule has 3 aromatic rings. The minimum Gasteiger partial charge on any atom is -0.359 e. The smallest absolute Gasteiger partial charge is 0.284 e. The Morgan fingerprint density at radius 3 is 2.00 bits per heavy atom. The van der Waals surface area contributed by atoms with Gasteiger partial charge in [0.2, 0.25) is 0 Å². The summed E-state index contributed by atoms with van der Waals surface area (Å²) in [6, 6.07) is 24.8. The molecule has 0 N–H and O–H groups in total. The molecule has 0 radical (unpaired) electrons. The molecule has 1 unspecified atom stereocenters. The number of hydrogen-bond donors (Lipinski definition) is 0. The molecular formula is C28H32N2O3S2. The maximum absolute atomic E-state index is 13.9. The van der Waals surface area contributed by atoms with E-state index in [1.807, 2.05) is 78.6 Å². The first kappa shape index (κ1) is 25.3. The van der Waals surface area contributed by atoms with Gasteiger partial charge in [0.25, 0.3) is 10.0 Å². The van der Waals surface area contributed by atoms with Gasteiger partial charge in [-0.25, -0.2) is 0 Å². The van der Waals surface area contributed by atoms with Gasteiger partial charge in [-0.15, -0.1) is 4.40 Å². The Hall–Kier alpha value is -2.77. The lowest BCUT2D eigenvalue weighted by atomic mass is 10.0. The second kappa shape index (κ2) is 11.3. The molecule has 3 aromatic carbocycles. The fraction of sp³-hybridized carbons (Fsp3) is 0.321. The quantitative estimate of drug-likeness (QED) is 0.316. The van der Waals surface area contributed by atoms with Crippen LogP contribution in [-0.2, 0) is 20.8 Å². The molecule has 7 heteroatoms. The summed E-state index contributed by atoms with van der Waals surface area (Å²) < 4.78 is 45.1. The van der Waals surface area contributed by atoms with Crippen LogP contribution in [-0.4, -0.2) is 42.2 Å². The molecule has 0 amide bonds. The van der Waals surface area contributed by atoms with Crippen LogP contribution in [0.4, 0.5) is 0 Å². The van der Waals surface area contributed by atoms with Crippen molar-refractivity contribution >= 4 is 26.7 Å². The molecule has 35 heavy (non-hydrogen) atoms. The van der Waals surface area contributed by atoms with Gasteiger partial charge in [-0.1, -0.05) is 78.4 Å². The molecule has 0 aromatic heterocycles. The van der Waals surface area contributed by atoms with Crippen molar-refractivity contribution in [3.63, 3.8) is 0 Å². The van der Waals surface area contributed by atoms with Gasteiger partial charge in [0.1, 0.15) is 5.84 Å². The van der Waals surface area contributed by atoms with Crippen LogP contribution in [0, 0.1) is 13.8 Å². The van der Waals surface area contributed by atoms with E-state index in [1.54, 1.807) is 19.1 Å². The zero-order chi connectivity index (χ0) is 24.8. The maximum atomic E-state index is 13.9. The molecule has 0 saturated carbocycles. The van der Waals surface area contributed by atoms with Crippen molar-refractivity contribution in [2.45, 2.75) is 43.3 Å². The van der Waals surface area contributed by atoms with Crippen molar-refractivity contribution in [2.24, 2.45) is 4.40 Å². The van der Waals surface area contributed by atoms with Crippen molar-refractivity contribution in [1.29, 1.82) is 0 Å². The monoisotopic (exact) mass is 508 g/mol. The summed E-state index contributed by atoms with van der Waals surface area (Å²) in [5.41, 5.74) is 3.54. The van der Waals surface area contributed by atoms with E-state index in [0.29, 0.717) is 11.4 Å². The first-order valence-corrected chi connectivity index (χ1v) is 14.8. The lowest BCUT2D eigenvalue weighted by molar-refractivity contribution is 0.341. The topological polar surface area (TPSA) is 66.8 Å². The Balaban J connectivity index is 1.73. The molecular weight excluding hydrogens is 476 g/mol. The minimum absolute atomic E-state index is 0.0680. The van der Waals surface area contributed by atoms with Gasteiger partial charge in [-0.3, -0.25) is 4.21 Å². The van der Waals surface area contributed by atoms with E-state index in [0.717, 1.165) is 49.0 Å². The van der Waals surface area contributed by atoms with E-state index in [-0.39, 0.29) is 15.9 Å². The molecule has 0 aliphatic carbocycles. The number of likely N-dealkylation sites (tertiary alicyclic amines) is 1. The molecule has 1 aliphatic heterocycles. The predicted molar refractivity (Wildman–Crippen MR) is 144 cm³/mol. The Kier molecular flexibility index (Phi) is 8.19. The number of hydrogen-bond acceptors (Lipinski definition) is 3. The van der Waals surface area contributed by atoms with E-state index >= 15 is 0 Å². The summed E-state index contributed by atoms with van der Waals surface area (Å²) in [4.78, 5) is 2.21. The largest absolute Gasteiger partial charge is 0.359 e. The molecule has 4 rings (SSSR count). The van der Waals surface area contributed by atoms with Crippen LogP contribution >= 0.6 is 0 Å². The number of amidine groups is 1. The lowest BCUT2D eigenvalue weighted by Crippen LogP contribution is -2.39. The van der Waals surface area contributed by atoms with Gasteiger partial charge in [0.05, 0.1) is 15.9 Å². The van der Waals surface area contributed by atoms with Gasteiger partial charge in [-0.05, 0) is 55.9 Å². The van der Waals surface area contributed by atoms with E-state index < -0.39 is 20.8 Å². The Bertz CT molecular complexity index is 1260. The highest BCUT2D eigenvalue weighted by atomic mass is 32.2. The molecule has 5 nitrogen and oxygen atoms in total. The number of rotatable bonds is 7. The van der Waals surface area contributed by atoms with Crippen LogP contribution in [0.2, 0.25) is 0 Å². The fourth-order valence-corrected chi connectivity index (χ4v) is 7.50. The van der Waals surface area contributed by atoms with Crippen LogP contribution < -0.4 is 0 Å². The van der Waals surface area contributed by atoms with Gasteiger partial charge >= 0.3 is 0 Å². The molecule has 1 heterocycles. The first-order chi connectivity index (χ1) is 16.8. The summed E-state index contributed by atoms with van der Waals surface area (Å²) in [7, 11) is -5.37. The van der Waals surface area contributed by atoms with Crippen molar-refractivity contribution in [2.75, 3.05) is 18.8 Å². The lowest BCUT2D eigenvalue weighted by Gasteiger charge is -2.30. The van der Waals surface area contributed by atoms with Crippen molar-refractivity contribution in [1.82, 2.24) is 4.90 Å². The summed E-state index contributed by atoms with van der Waals surface area (Å²) in [6.07, 6.45) is 3.04. The highest BCUT2D eigenvalue weighted by Gasteiger charge is 2.27. The van der Waals surface area contributed by atoms with E-state index in [4.69, 9.17) is 0 Å². The normalized spacial score (nSPS) is 15.9. The highest BCUT2D eigenvalue weighted by Crippen LogP contribution is 2.29. The van der Waals surface area contributed by atoms with Crippen LogP contribution in [0.1, 0.15) is 46.8 Å². The highest BCUT2D eigenvalue weighted by molar-refractivity contribution is 7.90. The number of aryl methyl sites for hydroxylation is 2. The van der Waals surface area contributed by atoms with Gasteiger partial charge in [0.15, 0.2) is 0 Å². The average molecular weight is 509 g/mol. The third-order valence-electron chi connectivity index (χ3n) is 6.29. The SMILES string of the molecule is Cc1ccc(S(=O)(=O)/N=C(/CS(=O)C(c2ccccc2)c2ccccc2)N2CCCCC2)c(C)c1. The Morgan fingerprint density at radius 2 is 1.46 bits per heavy atom. The third-order valence-corrected chi connectivity index (χ3v) is 9.37. The number of piperidine rings is 1. The van der Waals surface area contributed by atoms with E-state index in [1.165, 1.54) is 0 Å². The summed E-state index contributed by atoms with van der Waals surface area (Å²) in [5, 5.41) is -0.379. The molecule has 0 spiro atoms. The molecule has 0 bridgehead atoms. The van der Waals surface area contributed by atoms with Crippen LogP contribution in [0.25, 0.3) is 0 Å². The Labute approximate surface area is 211 Å². The molecule has 1 fully saturated rings. The summed E-state index contributed by atoms with van der Waals surface area (Å²) in [5.74, 6) is 0.457. The third kappa shape index (κ3) is 6.27.